The van der Waals surface area contributed by atoms with Crippen molar-refractivity contribution in [1.82, 2.24) is 24.4 Å². The molecule has 6 rings (SSSR count). The predicted octanol–water partition coefficient (Wildman–Crippen LogP) is 2.05. The minimum atomic E-state index is -1.03. The molecule has 2 aromatic heterocycles. The van der Waals surface area contributed by atoms with Gasteiger partial charge in [-0.25, -0.2) is 14.3 Å². The number of aromatic nitrogens is 3. The molecule has 3 aliphatic heterocycles. The van der Waals surface area contributed by atoms with Gasteiger partial charge < -0.3 is 24.7 Å². The third kappa shape index (κ3) is 6.78. The number of hydrogen-bond donors (Lipinski definition) is 3. The van der Waals surface area contributed by atoms with Crippen molar-refractivity contribution in [3.63, 3.8) is 0 Å². The molecule has 238 valence electrons. The molecular weight excluding hydrogens is 562 g/mol. The Kier molecular flexibility index (Phi) is 8.69. The van der Waals surface area contributed by atoms with Crippen LogP contribution in [0.5, 0.6) is 0 Å². The van der Waals surface area contributed by atoms with Crippen LogP contribution in [0.2, 0.25) is 0 Å². The largest absolute Gasteiger partial charge is 0.456 e. The normalized spacial score (nSPS) is 24.2. The summed E-state index contributed by atoms with van der Waals surface area (Å²) in [4.78, 5) is 32.6. The molecule has 3 N–H and O–H groups in total. The van der Waals surface area contributed by atoms with Gasteiger partial charge in [-0.3, -0.25) is 14.6 Å². The topological polar surface area (TPSA) is 128 Å². The van der Waals surface area contributed by atoms with Crippen molar-refractivity contribution >= 4 is 23.0 Å². The molecule has 0 saturated carbocycles. The van der Waals surface area contributed by atoms with E-state index >= 15 is 0 Å². The molecular formula is C32H45N7O5. The van der Waals surface area contributed by atoms with Gasteiger partial charge in [0.1, 0.15) is 18.1 Å². The van der Waals surface area contributed by atoms with Crippen LogP contribution < -0.4 is 20.8 Å². The fraction of sp³-hybridized carbons (Fsp3) is 0.594. The lowest BCUT2D eigenvalue weighted by atomic mass is 9.95. The molecule has 1 aromatic carbocycles. The van der Waals surface area contributed by atoms with Gasteiger partial charge in [0.2, 0.25) is 0 Å². The zero-order valence-electron chi connectivity index (χ0n) is 25.9. The number of nitrogens with zero attached hydrogens (tertiary/aromatic N) is 6. The third-order valence-electron chi connectivity index (χ3n) is 9.04. The van der Waals surface area contributed by atoms with Crippen LogP contribution in [0.25, 0.3) is 5.65 Å². The first-order valence-corrected chi connectivity index (χ1v) is 15.8. The minimum absolute atomic E-state index is 0.287. The Balaban J connectivity index is 0.984. The van der Waals surface area contributed by atoms with Crippen LogP contribution in [0, 0.1) is 5.92 Å². The van der Waals surface area contributed by atoms with Gasteiger partial charge in [0, 0.05) is 69.5 Å². The van der Waals surface area contributed by atoms with Gasteiger partial charge in [-0.05, 0) is 82.7 Å². The highest BCUT2D eigenvalue weighted by Crippen LogP contribution is 2.27. The van der Waals surface area contributed by atoms with Crippen LogP contribution in [0.15, 0.2) is 47.4 Å². The third-order valence-corrected chi connectivity index (χ3v) is 9.04. The highest BCUT2D eigenvalue weighted by molar-refractivity contribution is 5.90. The van der Waals surface area contributed by atoms with E-state index in [-0.39, 0.29) is 11.7 Å². The van der Waals surface area contributed by atoms with Crippen molar-refractivity contribution in [2.75, 3.05) is 55.6 Å². The fourth-order valence-electron chi connectivity index (χ4n) is 6.60. The van der Waals surface area contributed by atoms with Crippen LogP contribution in [0.4, 0.5) is 11.4 Å². The molecule has 0 aliphatic carbocycles. The molecule has 0 spiro atoms. The van der Waals surface area contributed by atoms with Gasteiger partial charge in [-0.1, -0.05) is 0 Å². The van der Waals surface area contributed by atoms with Crippen LogP contribution in [-0.4, -0.2) is 99.1 Å². The lowest BCUT2D eigenvalue weighted by molar-refractivity contribution is -0.0317. The van der Waals surface area contributed by atoms with E-state index in [2.05, 4.69) is 25.1 Å². The van der Waals surface area contributed by atoms with E-state index in [0.29, 0.717) is 30.0 Å². The van der Waals surface area contributed by atoms with Crippen LogP contribution in [0.1, 0.15) is 62.9 Å². The molecule has 3 unspecified atom stereocenters. The molecule has 12 heteroatoms. The number of anilines is 2. The SMILES string of the molecule is CC(C)(C)OC(=O)c1ccc(N2CCC(CN3CCN(c4ccn5c(=O)n(C6CCC(O)NC6O)nc5c4)CC3)CC2)cc1. The van der Waals surface area contributed by atoms with Gasteiger partial charge in [0.15, 0.2) is 5.65 Å². The van der Waals surface area contributed by atoms with Crippen molar-refractivity contribution in [2.45, 2.75) is 70.6 Å². The summed E-state index contributed by atoms with van der Waals surface area (Å²) in [6.07, 6.45) is 3.16. The number of hydrogen-bond acceptors (Lipinski definition) is 10. The number of piperazine rings is 1. The molecule has 5 heterocycles. The Hall–Kier alpha value is -3.45. The van der Waals surface area contributed by atoms with E-state index in [4.69, 9.17) is 4.74 Å². The van der Waals surface area contributed by atoms with E-state index < -0.39 is 24.1 Å². The van der Waals surface area contributed by atoms with Gasteiger partial charge in [0.05, 0.1) is 11.6 Å². The Morgan fingerprint density at radius 2 is 1.61 bits per heavy atom. The quantitative estimate of drug-likeness (QED) is 0.359. The number of aliphatic hydroxyl groups excluding tert-OH is 2. The summed E-state index contributed by atoms with van der Waals surface area (Å²) in [5.74, 6) is 0.377. The highest BCUT2D eigenvalue weighted by Gasteiger charge is 2.31. The molecule has 44 heavy (non-hydrogen) atoms. The van der Waals surface area contributed by atoms with Crippen LogP contribution >= 0.6 is 0 Å². The molecule has 0 amide bonds. The molecule has 3 fully saturated rings. The first kappa shape index (κ1) is 30.6. The molecule has 3 aliphatic rings. The monoisotopic (exact) mass is 607 g/mol. The Morgan fingerprint density at radius 1 is 0.932 bits per heavy atom. The van der Waals surface area contributed by atoms with Crippen molar-refractivity contribution in [2.24, 2.45) is 5.92 Å². The molecule has 3 aromatic rings. The first-order valence-electron chi connectivity index (χ1n) is 15.8. The number of carbonyl (C=O) groups is 1. The maximum Gasteiger partial charge on any atom is 0.350 e. The molecule has 0 bridgehead atoms. The number of piperidine rings is 2. The number of esters is 1. The smallest absolute Gasteiger partial charge is 0.350 e. The summed E-state index contributed by atoms with van der Waals surface area (Å²) >= 11 is 0. The van der Waals surface area contributed by atoms with E-state index in [1.165, 1.54) is 9.08 Å². The number of benzene rings is 1. The summed E-state index contributed by atoms with van der Waals surface area (Å²) < 4.78 is 8.34. The average molecular weight is 608 g/mol. The lowest BCUT2D eigenvalue weighted by Crippen LogP contribution is -2.50. The number of aliphatic hydroxyl groups is 2. The van der Waals surface area contributed by atoms with Crippen molar-refractivity contribution < 1.29 is 19.7 Å². The van der Waals surface area contributed by atoms with E-state index in [9.17, 15) is 19.8 Å². The number of fused-ring (bicyclic) bond motifs is 1. The Bertz CT molecular complexity index is 1500. The standard InChI is InChI=1S/C32H45N7O5/c1-32(2,3)44-30(42)23-4-6-24(7-5-23)36-13-10-22(11-14-36)21-35-16-18-37(19-17-35)25-12-15-38-27(20-25)34-39(31(38)43)26-8-9-28(40)33-29(26)41/h4-7,12,15,20,22,26,28-29,33,40-41H,8-11,13-14,16-19,21H2,1-3H3. The van der Waals surface area contributed by atoms with Crippen LogP contribution in [-0.2, 0) is 4.74 Å². The Labute approximate surface area is 257 Å². The van der Waals surface area contributed by atoms with E-state index in [0.717, 1.165) is 70.0 Å². The maximum absolute atomic E-state index is 13.0. The zero-order valence-corrected chi connectivity index (χ0v) is 25.9. The number of nitrogens with one attached hydrogen (secondary N) is 1. The number of rotatable bonds is 6. The zero-order chi connectivity index (χ0) is 31.0. The van der Waals surface area contributed by atoms with Gasteiger partial charge >= 0.3 is 11.7 Å². The number of ether oxygens (including phenoxy) is 1. The summed E-state index contributed by atoms with van der Waals surface area (Å²) in [6.45, 7) is 12.6. The van der Waals surface area contributed by atoms with Crippen LogP contribution in [0.3, 0.4) is 0 Å². The summed E-state index contributed by atoms with van der Waals surface area (Å²) in [6, 6.07) is 11.2. The summed E-state index contributed by atoms with van der Waals surface area (Å²) in [7, 11) is 0. The van der Waals surface area contributed by atoms with E-state index in [1.807, 2.05) is 57.2 Å². The van der Waals surface area contributed by atoms with Crippen molar-refractivity contribution in [3.8, 4) is 0 Å². The highest BCUT2D eigenvalue weighted by atomic mass is 16.6. The maximum atomic E-state index is 13.0. The van der Waals surface area contributed by atoms with Crippen molar-refractivity contribution in [1.29, 1.82) is 0 Å². The number of carbonyl (C=O) groups excluding carboxylic acids is 1. The van der Waals surface area contributed by atoms with Crippen molar-refractivity contribution in [3.05, 3.63) is 58.6 Å². The van der Waals surface area contributed by atoms with Gasteiger partial charge in [0.25, 0.3) is 0 Å². The number of pyridine rings is 1. The van der Waals surface area contributed by atoms with Gasteiger partial charge in [-0.2, -0.15) is 0 Å². The second kappa shape index (κ2) is 12.5. The lowest BCUT2D eigenvalue weighted by Gasteiger charge is -2.40. The van der Waals surface area contributed by atoms with E-state index in [1.54, 1.807) is 6.20 Å². The second-order valence-corrected chi connectivity index (χ2v) is 13.4. The predicted molar refractivity (Wildman–Crippen MR) is 168 cm³/mol. The minimum Gasteiger partial charge on any atom is -0.456 e. The molecule has 12 nitrogen and oxygen atoms in total. The molecule has 3 atom stereocenters. The average Bonchev–Trinajstić information content (AvgIpc) is 3.32. The second-order valence-electron chi connectivity index (χ2n) is 13.4. The van der Waals surface area contributed by atoms with Gasteiger partial charge in [-0.15, -0.1) is 5.10 Å². The summed E-state index contributed by atoms with van der Waals surface area (Å²) in [5.41, 5.74) is 2.54. The molecule has 3 saturated heterocycles. The fourth-order valence-corrected chi connectivity index (χ4v) is 6.60. The summed E-state index contributed by atoms with van der Waals surface area (Å²) in [5, 5.41) is 27.3. The molecule has 0 radical (unpaired) electrons. The Morgan fingerprint density at radius 3 is 2.27 bits per heavy atom. The first-order chi connectivity index (χ1) is 21.0.